The van der Waals surface area contributed by atoms with E-state index in [-0.39, 0.29) is 4.90 Å². The first-order valence-corrected chi connectivity index (χ1v) is 10.9. The molecule has 4 aromatic rings. The zero-order valence-electron chi connectivity index (χ0n) is 14.0. The largest absolute Gasteiger partial charge is 0.270 e. The van der Waals surface area contributed by atoms with Gasteiger partial charge in [0.05, 0.1) is 15.9 Å². The number of benzene rings is 2. The maximum Gasteiger partial charge on any atom is 0.270 e. The first-order chi connectivity index (χ1) is 13.1. The van der Waals surface area contributed by atoms with E-state index < -0.39 is 10.0 Å². The second-order valence-corrected chi connectivity index (χ2v) is 8.92. The van der Waals surface area contributed by atoms with Gasteiger partial charge < -0.3 is 0 Å². The lowest BCUT2D eigenvalue weighted by Gasteiger charge is -2.10. The van der Waals surface area contributed by atoms with Crippen LogP contribution in [-0.2, 0) is 15.8 Å². The third-order valence-electron chi connectivity index (χ3n) is 3.93. The summed E-state index contributed by atoms with van der Waals surface area (Å²) in [6, 6.07) is 17.1. The Morgan fingerprint density at radius 3 is 2.52 bits per heavy atom. The van der Waals surface area contributed by atoms with Gasteiger partial charge in [0.1, 0.15) is 0 Å². The van der Waals surface area contributed by atoms with Gasteiger partial charge in [-0.25, -0.2) is 17.4 Å². The molecule has 0 N–H and O–H groups in total. The van der Waals surface area contributed by atoms with Gasteiger partial charge >= 0.3 is 0 Å². The minimum Gasteiger partial charge on any atom is -0.264 e. The van der Waals surface area contributed by atoms with Crippen LogP contribution in [-0.4, -0.2) is 22.4 Å². The van der Waals surface area contributed by atoms with Crippen LogP contribution in [0.3, 0.4) is 0 Å². The molecule has 8 heteroatoms. The molecule has 0 aliphatic carbocycles. The lowest BCUT2D eigenvalue weighted by Crippen LogP contribution is -2.14. The third-order valence-corrected chi connectivity index (χ3v) is 7.03. The Kier molecular flexibility index (Phi) is 4.90. The lowest BCUT2D eigenvalue weighted by molar-refractivity contribution is 0.584. The molecule has 0 radical (unpaired) electrons. The van der Waals surface area contributed by atoms with Crippen LogP contribution in [0.4, 0.5) is 0 Å². The Balaban J connectivity index is 1.81. The molecular formula is C19H14ClN3O2S2. The molecule has 4 rings (SSSR count). The highest BCUT2D eigenvalue weighted by molar-refractivity contribution is 7.99. The maximum atomic E-state index is 13.3. The van der Waals surface area contributed by atoms with E-state index in [9.17, 15) is 8.42 Å². The topological polar surface area (TPSA) is 64.8 Å². The molecule has 2 aromatic carbocycles. The molecule has 2 aromatic heterocycles. The Labute approximate surface area is 166 Å². The Morgan fingerprint density at radius 2 is 1.78 bits per heavy atom. The van der Waals surface area contributed by atoms with E-state index in [1.165, 1.54) is 27.9 Å². The molecule has 27 heavy (non-hydrogen) atoms. The summed E-state index contributed by atoms with van der Waals surface area (Å²) >= 11 is 7.26. The second-order valence-electron chi connectivity index (χ2n) is 5.76. The second kappa shape index (κ2) is 7.34. The average Bonchev–Trinajstić information content (AvgIpc) is 3.07. The molecule has 0 fully saturated rings. The van der Waals surface area contributed by atoms with Crippen molar-refractivity contribution in [3.63, 3.8) is 0 Å². The van der Waals surface area contributed by atoms with Crippen LogP contribution in [0, 0.1) is 0 Å². The zero-order valence-corrected chi connectivity index (χ0v) is 16.4. The van der Waals surface area contributed by atoms with Crippen LogP contribution in [0.2, 0.25) is 5.02 Å². The fourth-order valence-corrected chi connectivity index (χ4v) is 5.42. The highest BCUT2D eigenvalue weighted by atomic mass is 35.5. The number of para-hydroxylation sites is 2. The smallest absolute Gasteiger partial charge is 0.264 e. The summed E-state index contributed by atoms with van der Waals surface area (Å²) in [5, 5.41) is 0.894. The molecule has 0 unspecified atom stereocenters. The van der Waals surface area contributed by atoms with Crippen LogP contribution in [0.25, 0.3) is 11.0 Å². The highest BCUT2D eigenvalue weighted by Crippen LogP contribution is 2.30. The summed E-state index contributed by atoms with van der Waals surface area (Å²) in [5.41, 5.74) is 2.16. The SMILES string of the molecule is O=S(=O)(c1ccc(Cl)cc1)n1c(SCc2cccnc2)nc2ccccc21. The van der Waals surface area contributed by atoms with E-state index in [4.69, 9.17) is 11.6 Å². The monoisotopic (exact) mass is 415 g/mol. The zero-order chi connectivity index (χ0) is 18.9. The van der Waals surface area contributed by atoms with Gasteiger partial charge in [-0.2, -0.15) is 0 Å². The number of aromatic nitrogens is 3. The maximum absolute atomic E-state index is 13.3. The van der Waals surface area contributed by atoms with Crippen molar-refractivity contribution in [2.75, 3.05) is 0 Å². The summed E-state index contributed by atoms with van der Waals surface area (Å²) in [6.45, 7) is 0. The normalized spacial score (nSPS) is 11.7. The summed E-state index contributed by atoms with van der Waals surface area (Å²) < 4.78 is 27.9. The number of hydrogen-bond donors (Lipinski definition) is 0. The molecule has 0 saturated heterocycles. The standard InChI is InChI=1S/C19H14ClN3O2S2/c20-15-7-9-16(10-8-15)27(24,25)23-18-6-2-1-5-17(18)22-19(23)26-13-14-4-3-11-21-12-14/h1-12H,13H2. The fourth-order valence-electron chi connectivity index (χ4n) is 2.65. The van der Waals surface area contributed by atoms with Crippen LogP contribution < -0.4 is 0 Å². The number of rotatable bonds is 5. The molecule has 0 saturated carbocycles. The molecule has 5 nitrogen and oxygen atoms in total. The lowest BCUT2D eigenvalue weighted by atomic mass is 10.3. The molecular weight excluding hydrogens is 402 g/mol. The van der Waals surface area contributed by atoms with Crippen LogP contribution in [0.1, 0.15) is 5.56 Å². The first kappa shape index (κ1) is 18.0. The van der Waals surface area contributed by atoms with E-state index in [1.807, 2.05) is 18.2 Å². The Morgan fingerprint density at radius 1 is 1.00 bits per heavy atom. The minimum atomic E-state index is -3.81. The number of nitrogens with zero attached hydrogens (tertiary/aromatic N) is 3. The summed E-state index contributed by atoms with van der Waals surface area (Å²) in [7, 11) is -3.81. The average molecular weight is 416 g/mol. The molecule has 136 valence electrons. The molecule has 0 atom stereocenters. The number of hydrogen-bond acceptors (Lipinski definition) is 5. The minimum absolute atomic E-state index is 0.165. The van der Waals surface area contributed by atoms with Crippen LogP contribution >= 0.6 is 23.4 Å². The van der Waals surface area contributed by atoms with Crippen molar-refractivity contribution >= 4 is 44.4 Å². The van der Waals surface area contributed by atoms with Crippen molar-refractivity contribution < 1.29 is 8.42 Å². The van der Waals surface area contributed by atoms with E-state index in [2.05, 4.69) is 9.97 Å². The first-order valence-electron chi connectivity index (χ1n) is 8.06. The quantitative estimate of drug-likeness (QED) is 0.445. The van der Waals surface area contributed by atoms with Crippen molar-refractivity contribution in [1.29, 1.82) is 0 Å². The van der Waals surface area contributed by atoms with Crippen molar-refractivity contribution in [2.24, 2.45) is 0 Å². The number of halogens is 1. The van der Waals surface area contributed by atoms with Gasteiger partial charge in [0.2, 0.25) is 0 Å². The van der Waals surface area contributed by atoms with Crippen molar-refractivity contribution in [1.82, 2.24) is 13.9 Å². The number of imidazole rings is 1. The molecule has 2 heterocycles. The summed E-state index contributed by atoms with van der Waals surface area (Å²) in [6.07, 6.45) is 3.46. The van der Waals surface area contributed by atoms with Crippen molar-refractivity contribution in [2.45, 2.75) is 15.8 Å². The van der Waals surface area contributed by atoms with E-state index >= 15 is 0 Å². The van der Waals surface area contributed by atoms with E-state index in [1.54, 1.807) is 42.7 Å². The molecule has 0 bridgehead atoms. The predicted octanol–water partition coefficient (Wildman–Crippen LogP) is 4.61. The van der Waals surface area contributed by atoms with Crippen LogP contribution in [0.15, 0.2) is 83.1 Å². The van der Waals surface area contributed by atoms with Gasteiger partial charge in [0.25, 0.3) is 10.0 Å². The number of thioether (sulfide) groups is 1. The van der Waals surface area contributed by atoms with E-state index in [0.29, 0.717) is 27.0 Å². The summed E-state index contributed by atoms with van der Waals surface area (Å²) in [4.78, 5) is 8.80. The molecule has 0 aliphatic rings. The fraction of sp³-hybridized carbons (Fsp3) is 0.0526. The van der Waals surface area contributed by atoms with Crippen LogP contribution in [0.5, 0.6) is 0 Å². The number of fused-ring (bicyclic) bond motifs is 1. The Bertz CT molecular complexity index is 1190. The number of pyridine rings is 1. The van der Waals surface area contributed by atoms with Crippen molar-refractivity contribution in [3.8, 4) is 0 Å². The highest BCUT2D eigenvalue weighted by Gasteiger charge is 2.24. The van der Waals surface area contributed by atoms with Crippen molar-refractivity contribution in [3.05, 3.63) is 83.6 Å². The molecule has 0 spiro atoms. The van der Waals surface area contributed by atoms with Gasteiger partial charge in [-0.1, -0.05) is 41.6 Å². The Hall–Kier alpha value is -2.35. The van der Waals surface area contributed by atoms with E-state index in [0.717, 1.165) is 5.56 Å². The van der Waals surface area contributed by atoms with Gasteiger partial charge in [-0.3, -0.25) is 4.98 Å². The van der Waals surface area contributed by atoms with Gasteiger partial charge in [0, 0.05) is 23.2 Å². The molecule has 0 amide bonds. The summed E-state index contributed by atoms with van der Waals surface area (Å²) in [5.74, 6) is 0.563. The predicted molar refractivity (Wildman–Crippen MR) is 108 cm³/mol. The van der Waals surface area contributed by atoms with Gasteiger partial charge in [-0.05, 0) is 48.0 Å². The van der Waals surface area contributed by atoms with Gasteiger partial charge in [-0.15, -0.1) is 0 Å². The third kappa shape index (κ3) is 3.58. The molecule has 0 aliphatic heterocycles. The van der Waals surface area contributed by atoms with Gasteiger partial charge in [0.15, 0.2) is 5.16 Å².